The largest absolute Gasteiger partial charge is 0.299 e. The van der Waals surface area contributed by atoms with Crippen LogP contribution in [0.2, 0.25) is 0 Å². The second-order valence-electron chi connectivity index (χ2n) is 9.40. The fraction of sp³-hybridized carbons (Fsp3) is 0.800. The zero-order valence-corrected chi connectivity index (χ0v) is 14.2. The van der Waals surface area contributed by atoms with Crippen LogP contribution in [0.15, 0.2) is 12.2 Å². The molecule has 120 valence electrons. The van der Waals surface area contributed by atoms with Crippen molar-refractivity contribution in [3.63, 3.8) is 0 Å². The monoisotopic (exact) mass is 300 g/mol. The molecule has 1 spiro atoms. The van der Waals surface area contributed by atoms with Gasteiger partial charge >= 0.3 is 0 Å². The first-order chi connectivity index (χ1) is 10.2. The summed E-state index contributed by atoms with van der Waals surface area (Å²) in [4.78, 5) is 26.2. The van der Waals surface area contributed by atoms with Crippen molar-refractivity contribution >= 4 is 11.6 Å². The maximum atomic E-state index is 13.2. The molecule has 0 heterocycles. The first-order valence-electron chi connectivity index (χ1n) is 8.96. The van der Waals surface area contributed by atoms with Gasteiger partial charge in [0.25, 0.3) is 0 Å². The Bertz CT molecular complexity index is 587. The van der Waals surface area contributed by atoms with Crippen molar-refractivity contribution in [1.29, 1.82) is 0 Å². The SMILES string of the molecule is C=C1C[C@@]23C[C@@H]1CC[C@H]2[C@@]1(C)C(=O)CCC(C)(C)[C@@H]1CC3=O. The van der Waals surface area contributed by atoms with Gasteiger partial charge in [-0.2, -0.15) is 0 Å². The minimum Gasteiger partial charge on any atom is -0.299 e. The van der Waals surface area contributed by atoms with Gasteiger partial charge in [0, 0.05) is 23.7 Å². The molecule has 0 N–H and O–H groups in total. The van der Waals surface area contributed by atoms with E-state index in [2.05, 4.69) is 27.4 Å². The van der Waals surface area contributed by atoms with Gasteiger partial charge in [0.1, 0.15) is 11.6 Å². The lowest BCUT2D eigenvalue weighted by Gasteiger charge is -2.61. The number of carbonyl (C=O) groups is 2. The predicted molar refractivity (Wildman–Crippen MR) is 86.3 cm³/mol. The molecule has 0 unspecified atom stereocenters. The Morgan fingerprint density at radius 1 is 1.05 bits per heavy atom. The van der Waals surface area contributed by atoms with Gasteiger partial charge in [-0.05, 0) is 55.3 Å². The standard InChI is InChI=1S/C20H28O2/c1-12-10-20-11-13(12)5-6-14(20)19(4)15(9-17(20)22)18(2,3)8-7-16(19)21/h13-15H,1,5-11H2,2-4H3/t13-,14-,15-,19+,20+/m0/s1. The highest BCUT2D eigenvalue weighted by Crippen LogP contribution is 2.70. The van der Waals surface area contributed by atoms with Gasteiger partial charge in [-0.25, -0.2) is 0 Å². The number of rotatable bonds is 0. The number of allylic oxidation sites excluding steroid dienone is 1. The van der Waals surface area contributed by atoms with Crippen LogP contribution in [0.5, 0.6) is 0 Å². The fourth-order valence-corrected chi connectivity index (χ4v) is 6.90. The van der Waals surface area contributed by atoms with Crippen LogP contribution in [0, 0.1) is 34.0 Å². The summed E-state index contributed by atoms with van der Waals surface area (Å²) in [6.45, 7) is 11.0. The van der Waals surface area contributed by atoms with Crippen molar-refractivity contribution < 1.29 is 9.59 Å². The third kappa shape index (κ3) is 1.52. The highest BCUT2D eigenvalue weighted by Gasteiger charge is 2.68. The van der Waals surface area contributed by atoms with E-state index in [4.69, 9.17) is 0 Å². The fourth-order valence-electron chi connectivity index (χ4n) is 6.90. The molecule has 22 heavy (non-hydrogen) atoms. The smallest absolute Gasteiger partial charge is 0.140 e. The maximum Gasteiger partial charge on any atom is 0.140 e. The van der Waals surface area contributed by atoms with Crippen molar-refractivity contribution in [2.75, 3.05) is 0 Å². The average molecular weight is 300 g/mol. The lowest BCUT2D eigenvalue weighted by atomic mass is 9.40. The second-order valence-corrected chi connectivity index (χ2v) is 9.40. The van der Waals surface area contributed by atoms with Crippen LogP contribution in [-0.2, 0) is 9.59 Å². The Morgan fingerprint density at radius 3 is 2.50 bits per heavy atom. The summed E-state index contributed by atoms with van der Waals surface area (Å²) >= 11 is 0. The van der Waals surface area contributed by atoms with Gasteiger partial charge in [0.2, 0.25) is 0 Å². The van der Waals surface area contributed by atoms with E-state index in [1.165, 1.54) is 5.57 Å². The van der Waals surface area contributed by atoms with Crippen molar-refractivity contribution in [2.24, 2.45) is 34.0 Å². The summed E-state index contributed by atoms with van der Waals surface area (Å²) < 4.78 is 0. The zero-order valence-electron chi connectivity index (χ0n) is 14.2. The molecule has 0 radical (unpaired) electrons. The van der Waals surface area contributed by atoms with Crippen molar-refractivity contribution in [3.8, 4) is 0 Å². The summed E-state index contributed by atoms with van der Waals surface area (Å²) in [6.07, 6.45) is 6.27. The zero-order chi connectivity index (χ0) is 15.9. The molecule has 2 nitrogen and oxygen atoms in total. The lowest BCUT2D eigenvalue weighted by molar-refractivity contribution is -0.177. The molecule has 2 bridgehead atoms. The lowest BCUT2D eigenvalue weighted by Crippen LogP contribution is -2.62. The minimum absolute atomic E-state index is 0.104. The van der Waals surface area contributed by atoms with Gasteiger partial charge in [-0.1, -0.05) is 32.9 Å². The van der Waals surface area contributed by atoms with Gasteiger partial charge in [0.05, 0.1) is 0 Å². The Morgan fingerprint density at radius 2 is 1.77 bits per heavy atom. The predicted octanol–water partition coefficient (Wildman–Crippen LogP) is 4.33. The molecule has 0 aromatic carbocycles. The molecule has 0 aromatic rings. The number of carbonyl (C=O) groups excluding carboxylic acids is 2. The van der Waals surface area contributed by atoms with E-state index in [9.17, 15) is 9.59 Å². The maximum absolute atomic E-state index is 13.2. The van der Waals surface area contributed by atoms with Gasteiger partial charge < -0.3 is 0 Å². The molecule has 0 saturated heterocycles. The van der Waals surface area contributed by atoms with E-state index in [-0.39, 0.29) is 28.1 Å². The highest BCUT2D eigenvalue weighted by molar-refractivity contribution is 5.94. The molecule has 5 atom stereocenters. The van der Waals surface area contributed by atoms with E-state index in [0.29, 0.717) is 30.3 Å². The van der Waals surface area contributed by atoms with Crippen LogP contribution in [-0.4, -0.2) is 11.6 Å². The molecule has 4 aliphatic rings. The number of hydrogen-bond acceptors (Lipinski definition) is 2. The highest BCUT2D eigenvalue weighted by atomic mass is 16.1. The molecule has 4 rings (SSSR count). The number of fused-ring (bicyclic) bond motifs is 3. The first kappa shape index (κ1) is 14.7. The van der Waals surface area contributed by atoms with E-state index >= 15 is 0 Å². The molecule has 4 fully saturated rings. The van der Waals surface area contributed by atoms with Crippen molar-refractivity contribution in [2.45, 2.75) is 65.7 Å². The van der Waals surface area contributed by atoms with Crippen molar-refractivity contribution in [3.05, 3.63) is 12.2 Å². The van der Waals surface area contributed by atoms with Gasteiger partial charge in [-0.15, -0.1) is 0 Å². The summed E-state index contributed by atoms with van der Waals surface area (Å²) in [6, 6.07) is 0. The topological polar surface area (TPSA) is 34.1 Å². The average Bonchev–Trinajstić information content (AvgIpc) is 2.70. The number of hydrogen-bond donors (Lipinski definition) is 0. The van der Waals surface area contributed by atoms with Crippen LogP contribution < -0.4 is 0 Å². The third-order valence-electron chi connectivity index (χ3n) is 8.13. The summed E-state index contributed by atoms with van der Waals surface area (Å²) in [7, 11) is 0. The minimum atomic E-state index is -0.286. The second kappa shape index (κ2) is 4.13. The van der Waals surface area contributed by atoms with E-state index in [1.807, 2.05) is 0 Å². The van der Waals surface area contributed by atoms with E-state index < -0.39 is 0 Å². The third-order valence-corrected chi connectivity index (χ3v) is 8.13. The molecular weight excluding hydrogens is 272 g/mol. The van der Waals surface area contributed by atoms with Crippen LogP contribution in [0.1, 0.15) is 65.7 Å². The first-order valence-corrected chi connectivity index (χ1v) is 8.96. The molecule has 4 saturated carbocycles. The quantitative estimate of drug-likeness (QED) is 0.624. The summed E-state index contributed by atoms with van der Waals surface area (Å²) in [5.41, 5.74) is 0.854. The van der Waals surface area contributed by atoms with Crippen LogP contribution in [0.4, 0.5) is 0 Å². The Kier molecular flexibility index (Phi) is 2.75. The number of Topliss-reactive ketones (excluding diaryl/α,β-unsaturated/α-hetero) is 2. The van der Waals surface area contributed by atoms with Gasteiger partial charge in [0.15, 0.2) is 0 Å². The molecule has 4 aliphatic carbocycles. The van der Waals surface area contributed by atoms with E-state index in [1.54, 1.807) is 0 Å². The molecule has 2 heteroatoms. The van der Waals surface area contributed by atoms with Gasteiger partial charge in [-0.3, -0.25) is 9.59 Å². The molecular formula is C20H28O2. The Labute approximate surface area is 133 Å². The number of ketones is 2. The summed E-state index contributed by atoms with van der Waals surface area (Å²) in [5, 5.41) is 0. The van der Waals surface area contributed by atoms with E-state index in [0.717, 1.165) is 32.1 Å². The van der Waals surface area contributed by atoms with Crippen LogP contribution >= 0.6 is 0 Å². The van der Waals surface area contributed by atoms with Crippen LogP contribution in [0.3, 0.4) is 0 Å². The Balaban J connectivity index is 1.86. The van der Waals surface area contributed by atoms with Crippen molar-refractivity contribution in [1.82, 2.24) is 0 Å². The summed E-state index contributed by atoms with van der Waals surface area (Å²) in [5.74, 6) is 1.91. The Hall–Kier alpha value is -0.920. The van der Waals surface area contributed by atoms with Crippen LogP contribution in [0.25, 0.3) is 0 Å². The molecule has 0 aliphatic heterocycles. The molecule has 0 aromatic heterocycles. The molecule has 0 amide bonds. The normalized spacial score (nSPS) is 49.8.